The first kappa shape index (κ1) is 14.3. The molecule has 0 aliphatic rings. The van der Waals surface area contributed by atoms with Gasteiger partial charge in [0.1, 0.15) is 0 Å². The molecule has 0 radical (unpaired) electrons. The molecule has 1 amide bonds. The van der Waals surface area contributed by atoms with Crippen molar-refractivity contribution in [3.63, 3.8) is 0 Å². The number of hydrogen-bond donors (Lipinski definition) is 1. The van der Waals surface area contributed by atoms with E-state index in [0.717, 1.165) is 20.4 Å². The Morgan fingerprint density at radius 3 is 2.87 bits per heavy atom. The van der Waals surface area contributed by atoms with Crippen molar-refractivity contribution in [2.45, 2.75) is 13.8 Å². The Bertz CT molecular complexity index is 1050. The largest absolute Gasteiger partial charge is 0.298 e. The Labute approximate surface area is 140 Å². The summed E-state index contributed by atoms with van der Waals surface area (Å²) in [7, 11) is 0. The molecule has 0 spiro atoms. The number of thiazole rings is 2. The second-order valence-electron chi connectivity index (χ2n) is 5.44. The summed E-state index contributed by atoms with van der Waals surface area (Å²) in [5.41, 5.74) is 6.61. The van der Waals surface area contributed by atoms with E-state index in [1.54, 1.807) is 11.6 Å². The highest BCUT2D eigenvalue weighted by Crippen LogP contribution is 2.30. The first-order valence-corrected chi connectivity index (χ1v) is 8.82. The van der Waals surface area contributed by atoms with Gasteiger partial charge in [0.15, 0.2) is 5.13 Å². The molecule has 0 aliphatic carbocycles. The summed E-state index contributed by atoms with van der Waals surface area (Å²) in [6, 6.07) is 9.69. The van der Waals surface area contributed by atoms with E-state index in [-0.39, 0.29) is 5.91 Å². The Morgan fingerprint density at radius 1 is 1.13 bits per heavy atom. The lowest BCUT2D eigenvalue weighted by molar-refractivity contribution is 0.102. The number of anilines is 1. The topological polar surface area (TPSA) is 54.9 Å². The van der Waals surface area contributed by atoms with Gasteiger partial charge in [-0.25, -0.2) is 9.97 Å². The van der Waals surface area contributed by atoms with Crippen LogP contribution in [0.1, 0.15) is 21.5 Å². The van der Waals surface area contributed by atoms with E-state index < -0.39 is 0 Å². The van der Waals surface area contributed by atoms with E-state index in [4.69, 9.17) is 0 Å². The molecule has 2 heterocycles. The summed E-state index contributed by atoms with van der Waals surface area (Å²) >= 11 is 3.04. The van der Waals surface area contributed by atoms with Crippen LogP contribution in [0, 0.1) is 13.8 Å². The molecule has 0 aliphatic heterocycles. The fraction of sp³-hybridized carbons (Fsp3) is 0.118. The first-order chi connectivity index (χ1) is 11.1. The molecule has 0 bridgehead atoms. The number of carbonyl (C=O) groups excluding carboxylic acids is 1. The van der Waals surface area contributed by atoms with Gasteiger partial charge in [0.25, 0.3) is 5.91 Å². The lowest BCUT2D eigenvalue weighted by Gasteiger charge is -2.01. The Hall–Kier alpha value is -2.31. The third-order valence-electron chi connectivity index (χ3n) is 3.63. The summed E-state index contributed by atoms with van der Waals surface area (Å²) in [6.45, 7) is 4.12. The molecular formula is C17H13N3OS2. The Kier molecular flexibility index (Phi) is 3.36. The van der Waals surface area contributed by atoms with Gasteiger partial charge in [-0.15, -0.1) is 11.3 Å². The van der Waals surface area contributed by atoms with Crippen molar-refractivity contribution < 1.29 is 4.79 Å². The average Bonchev–Trinajstić information content (AvgIpc) is 3.12. The number of aromatic nitrogens is 2. The van der Waals surface area contributed by atoms with E-state index in [2.05, 4.69) is 28.3 Å². The number of hydrogen-bond acceptors (Lipinski definition) is 5. The van der Waals surface area contributed by atoms with Crippen LogP contribution in [-0.2, 0) is 0 Å². The highest BCUT2D eigenvalue weighted by molar-refractivity contribution is 7.22. The zero-order valence-electron chi connectivity index (χ0n) is 12.6. The molecule has 6 heteroatoms. The second-order valence-corrected chi connectivity index (χ2v) is 7.32. The number of carbonyl (C=O) groups is 1. The highest BCUT2D eigenvalue weighted by Gasteiger charge is 2.12. The summed E-state index contributed by atoms with van der Waals surface area (Å²) in [5, 5.41) is 3.53. The summed E-state index contributed by atoms with van der Waals surface area (Å²) in [6.07, 6.45) is 0. The molecule has 4 nitrogen and oxygen atoms in total. The fourth-order valence-corrected chi connectivity index (χ4v) is 4.22. The normalized spacial score (nSPS) is 11.2. The van der Waals surface area contributed by atoms with E-state index in [9.17, 15) is 4.79 Å². The van der Waals surface area contributed by atoms with Gasteiger partial charge in [-0.2, -0.15) is 0 Å². The second kappa shape index (κ2) is 5.40. The Balaban J connectivity index is 1.66. The monoisotopic (exact) mass is 339 g/mol. The minimum Gasteiger partial charge on any atom is -0.298 e. The standard InChI is InChI=1S/C17H13N3OS2/c1-9-5-10(2)15-13(6-9)19-17(23-15)20-16(21)11-3-4-12-14(7-11)22-8-18-12/h3-8H,1-2H3,(H,19,20,21). The van der Waals surface area contributed by atoms with Crippen molar-refractivity contribution in [1.29, 1.82) is 0 Å². The first-order valence-electron chi connectivity index (χ1n) is 7.12. The van der Waals surface area contributed by atoms with Crippen molar-refractivity contribution in [3.8, 4) is 0 Å². The van der Waals surface area contributed by atoms with E-state index >= 15 is 0 Å². The molecule has 0 saturated heterocycles. The van der Waals surface area contributed by atoms with Crippen LogP contribution in [0.4, 0.5) is 5.13 Å². The summed E-state index contributed by atoms with van der Waals surface area (Å²) < 4.78 is 2.12. The van der Waals surface area contributed by atoms with Crippen LogP contribution >= 0.6 is 22.7 Å². The van der Waals surface area contributed by atoms with Crippen molar-refractivity contribution in [2.24, 2.45) is 0 Å². The maximum atomic E-state index is 12.4. The average molecular weight is 339 g/mol. The smallest absolute Gasteiger partial charge is 0.257 e. The summed E-state index contributed by atoms with van der Waals surface area (Å²) in [5.74, 6) is -0.145. The Morgan fingerprint density at radius 2 is 2.00 bits per heavy atom. The van der Waals surface area contributed by atoms with Crippen molar-refractivity contribution in [1.82, 2.24) is 9.97 Å². The predicted molar refractivity (Wildman–Crippen MR) is 96.7 cm³/mol. The van der Waals surface area contributed by atoms with Crippen LogP contribution in [0.3, 0.4) is 0 Å². The number of rotatable bonds is 2. The van der Waals surface area contributed by atoms with Crippen molar-refractivity contribution in [3.05, 3.63) is 52.5 Å². The molecule has 0 unspecified atom stereocenters. The third-order valence-corrected chi connectivity index (χ3v) is 5.55. The van der Waals surface area contributed by atoms with Gasteiger partial charge in [-0.3, -0.25) is 10.1 Å². The van der Waals surface area contributed by atoms with Gasteiger partial charge in [0.05, 0.1) is 25.9 Å². The van der Waals surface area contributed by atoms with Gasteiger partial charge >= 0.3 is 0 Å². The molecule has 23 heavy (non-hydrogen) atoms. The van der Waals surface area contributed by atoms with Crippen LogP contribution in [-0.4, -0.2) is 15.9 Å². The zero-order valence-corrected chi connectivity index (χ0v) is 14.2. The van der Waals surface area contributed by atoms with Gasteiger partial charge in [0.2, 0.25) is 0 Å². The SMILES string of the molecule is Cc1cc(C)c2sc(NC(=O)c3ccc4ncsc4c3)nc2c1. The third kappa shape index (κ3) is 2.60. The van der Waals surface area contributed by atoms with Crippen LogP contribution in [0.5, 0.6) is 0 Å². The summed E-state index contributed by atoms with van der Waals surface area (Å²) in [4.78, 5) is 21.2. The number of amides is 1. The molecule has 0 fully saturated rings. The van der Waals surface area contributed by atoms with Crippen LogP contribution < -0.4 is 5.32 Å². The maximum absolute atomic E-state index is 12.4. The van der Waals surface area contributed by atoms with E-state index in [0.29, 0.717) is 10.7 Å². The molecule has 1 N–H and O–H groups in total. The van der Waals surface area contributed by atoms with Crippen LogP contribution in [0.2, 0.25) is 0 Å². The highest BCUT2D eigenvalue weighted by atomic mass is 32.1. The van der Waals surface area contributed by atoms with Gasteiger partial charge < -0.3 is 0 Å². The van der Waals surface area contributed by atoms with Crippen LogP contribution in [0.25, 0.3) is 20.4 Å². The molecule has 2 aromatic carbocycles. The number of benzene rings is 2. The van der Waals surface area contributed by atoms with E-state index in [1.165, 1.54) is 33.8 Å². The fourth-order valence-electron chi connectivity index (χ4n) is 2.60. The number of fused-ring (bicyclic) bond motifs is 2. The van der Waals surface area contributed by atoms with Gasteiger partial charge in [0, 0.05) is 5.56 Å². The van der Waals surface area contributed by atoms with Gasteiger partial charge in [-0.1, -0.05) is 17.4 Å². The molecule has 0 atom stereocenters. The maximum Gasteiger partial charge on any atom is 0.257 e. The van der Waals surface area contributed by atoms with Gasteiger partial charge in [-0.05, 0) is 49.2 Å². The minimum atomic E-state index is -0.145. The van der Waals surface area contributed by atoms with Crippen molar-refractivity contribution >= 4 is 54.1 Å². The predicted octanol–water partition coefficient (Wildman–Crippen LogP) is 4.78. The lowest BCUT2D eigenvalue weighted by atomic mass is 10.1. The van der Waals surface area contributed by atoms with E-state index in [1.807, 2.05) is 25.1 Å². The quantitative estimate of drug-likeness (QED) is 0.572. The lowest BCUT2D eigenvalue weighted by Crippen LogP contribution is -2.11. The molecule has 0 saturated carbocycles. The number of nitrogens with one attached hydrogen (secondary N) is 1. The molecule has 114 valence electrons. The molecule has 4 rings (SSSR count). The number of nitrogens with zero attached hydrogens (tertiary/aromatic N) is 2. The minimum absolute atomic E-state index is 0.145. The molecular weight excluding hydrogens is 326 g/mol. The van der Waals surface area contributed by atoms with Crippen LogP contribution in [0.15, 0.2) is 35.8 Å². The van der Waals surface area contributed by atoms with Crippen molar-refractivity contribution in [2.75, 3.05) is 5.32 Å². The molecule has 2 aromatic heterocycles. The molecule has 4 aromatic rings. The zero-order chi connectivity index (χ0) is 16.0. The number of aryl methyl sites for hydroxylation is 2.